The van der Waals surface area contributed by atoms with E-state index in [0.29, 0.717) is 17.9 Å². The van der Waals surface area contributed by atoms with Gasteiger partial charge in [0.2, 0.25) is 0 Å². The number of nitrogens with zero attached hydrogens (tertiary/aromatic N) is 2. The standard InChI is InChI=1S/C26H31N3O3/c1-5-22(6-2)29(26(31)21-13-9-19(4)10-14-21)17-23-15-24(28-32-23)25(30)27-16-20-11-7-18(3)8-12-20/h7-15,22H,5-6,16-17H2,1-4H3,(H,27,30). The van der Waals surface area contributed by atoms with Crippen molar-refractivity contribution in [2.24, 2.45) is 0 Å². The molecule has 0 spiro atoms. The average Bonchev–Trinajstić information content (AvgIpc) is 3.27. The largest absolute Gasteiger partial charge is 0.359 e. The zero-order chi connectivity index (χ0) is 23.1. The highest BCUT2D eigenvalue weighted by molar-refractivity contribution is 5.94. The van der Waals surface area contributed by atoms with E-state index in [4.69, 9.17) is 4.52 Å². The van der Waals surface area contributed by atoms with Gasteiger partial charge in [0.05, 0.1) is 6.54 Å². The number of carbonyl (C=O) groups excluding carboxylic acids is 2. The van der Waals surface area contributed by atoms with E-state index < -0.39 is 0 Å². The molecule has 0 aliphatic heterocycles. The maximum Gasteiger partial charge on any atom is 0.273 e. The zero-order valence-electron chi connectivity index (χ0n) is 19.2. The number of hydrogen-bond donors (Lipinski definition) is 1. The van der Waals surface area contributed by atoms with Crippen LogP contribution in [0, 0.1) is 13.8 Å². The summed E-state index contributed by atoms with van der Waals surface area (Å²) in [6, 6.07) is 17.2. The van der Waals surface area contributed by atoms with Crippen molar-refractivity contribution in [3.63, 3.8) is 0 Å². The molecule has 0 saturated heterocycles. The molecular formula is C26H31N3O3. The number of amides is 2. The molecule has 1 aromatic heterocycles. The van der Waals surface area contributed by atoms with Gasteiger partial charge in [-0.3, -0.25) is 9.59 Å². The second-order valence-electron chi connectivity index (χ2n) is 8.12. The molecule has 6 nitrogen and oxygen atoms in total. The van der Waals surface area contributed by atoms with Crippen LogP contribution >= 0.6 is 0 Å². The number of hydrogen-bond acceptors (Lipinski definition) is 4. The van der Waals surface area contributed by atoms with Crippen molar-refractivity contribution in [2.75, 3.05) is 0 Å². The summed E-state index contributed by atoms with van der Waals surface area (Å²) < 4.78 is 5.42. The van der Waals surface area contributed by atoms with Crippen LogP contribution < -0.4 is 5.32 Å². The van der Waals surface area contributed by atoms with E-state index in [9.17, 15) is 9.59 Å². The molecule has 0 fully saturated rings. The van der Waals surface area contributed by atoms with Crippen molar-refractivity contribution in [3.05, 3.63) is 88.3 Å². The van der Waals surface area contributed by atoms with Gasteiger partial charge in [-0.25, -0.2) is 0 Å². The molecule has 0 radical (unpaired) electrons. The Kier molecular flexibility index (Phi) is 7.82. The Morgan fingerprint density at radius 2 is 1.56 bits per heavy atom. The molecule has 32 heavy (non-hydrogen) atoms. The maximum atomic E-state index is 13.2. The lowest BCUT2D eigenvalue weighted by Gasteiger charge is -2.29. The van der Waals surface area contributed by atoms with Crippen LogP contribution in [0.5, 0.6) is 0 Å². The minimum absolute atomic E-state index is 0.0551. The van der Waals surface area contributed by atoms with Crippen molar-refractivity contribution >= 4 is 11.8 Å². The molecule has 1 N–H and O–H groups in total. The quantitative estimate of drug-likeness (QED) is 0.512. The molecule has 6 heteroatoms. The van der Waals surface area contributed by atoms with E-state index in [1.54, 1.807) is 11.0 Å². The van der Waals surface area contributed by atoms with Crippen molar-refractivity contribution < 1.29 is 14.1 Å². The first kappa shape index (κ1) is 23.3. The number of rotatable bonds is 9. The lowest BCUT2D eigenvalue weighted by molar-refractivity contribution is 0.0627. The van der Waals surface area contributed by atoms with E-state index in [1.165, 1.54) is 5.56 Å². The van der Waals surface area contributed by atoms with E-state index in [2.05, 4.69) is 24.3 Å². The van der Waals surface area contributed by atoms with Crippen LogP contribution in [0.3, 0.4) is 0 Å². The highest BCUT2D eigenvalue weighted by Crippen LogP contribution is 2.19. The number of aromatic nitrogens is 1. The zero-order valence-corrected chi connectivity index (χ0v) is 19.2. The van der Waals surface area contributed by atoms with Crippen LogP contribution in [0.2, 0.25) is 0 Å². The predicted octanol–water partition coefficient (Wildman–Crippen LogP) is 5.05. The minimum atomic E-state index is -0.306. The Morgan fingerprint density at radius 3 is 2.16 bits per heavy atom. The SMILES string of the molecule is CCC(CC)N(Cc1cc(C(=O)NCc2ccc(C)cc2)no1)C(=O)c1ccc(C)cc1. The van der Waals surface area contributed by atoms with Crippen LogP contribution in [0.4, 0.5) is 0 Å². The number of nitrogens with one attached hydrogen (secondary N) is 1. The second kappa shape index (κ2) is 10.8. The molecule has 168 valence electrons. The summed E-state index contributed by atoms with van der Waals surface area (Å²) in [4.78, 5) is 27.5. The fourth-order valence-electron chi connectivity index (χ4n) is 3.60. The molecule has 2 amide bonds. The van der Waals surface area contributed by atoms with Crippen LogP contribution in [0.1, 0.15) is 70.0 Å². The average molecular weight is 434 g/mol. The summed E-state index contributed by atoms with van der Waals surface area (Å²) in [5.74, 6) is 0.123. The van der Waals surface area contributed by atoms with Gasteiger partial charge in [-0.15, -0.1) is 0 Å². The van der Waals surface area contributed by atoms with Crippen LogP contribution in [0.25, 0.3) is 0 Å². The predicted molar refractivity (Wildman–Crippen MR) is 124 cm³/mol. The van der Waals surface area contributed by atoms with Gasteiger partial charge in [0.15, 0.2) is 11.5 Å². The monoisotopic (exact) mass is 433 g/mol. The number of aryl methyl sites for hydroxylation is 2. The Hall–Kier alpha value is -3.41. The molecule has 3 aromatic rings. The molecular weight excluding hydrogens is 402 g/mol. The summed E-state index contributed by atoms with van der Waals surface area (Å²) in [6.45, 7) is 8.81. The highest BCUT2D eigenvalue weighted by atomic mass is 16.5. The smallest absolute Gasteiger partial charge is 0.273 e. The third-order valence-corrected chi connectivity index (χ3v) is 5.63. The van der Waals surface area contributed by atoms with Gasteiger partial charge in [0.25, 0.3) is 11.8 Å². The summed E-state index contributed by atoms with van der Waals surface area (Å²) in [5.41, 5.74) is 4.13. The van der Waals surface area contributed by atoms with Crippen LogP contribution in [-0.4, -0.2) is 27.9 Å². The summed E-state index contributed by atoms with van der Waals surface area (Å²) >= 11 is 0. The van der Waals surface area contributed by atoms with Crippen molar-refractivity contribution in [3.8, 4) is 0 Å². The normalized spacial score (nSPS) is 10.9. The summed E-state index contributed by atoms with van der Waals surface area (Å²) in [5, 5.41) is 6.78. The van der Waals surface area contributed by atoms with Gasteiger partial charge in [-0.2, -0.15) is 0 Å². The number of carbonyl (C=O) groups is 2. The molecule has 0 unspecified atom stereocenters. The Bertz CT molecular complexity index is 1030. The Labute approximate surface area is 189 Å². The van der Waals surface area contributed by atoms with Crippen molar-refractivity contribution in [1.29, 1.82) is 0 Å². The fourth-order valence-corrected chi connectivity index (χ4v) is 3.60. The molecule has 0 aliphatic rings. The third kappa shape index (κ3) is 5.84. The lowest BCUT2D eigenvalue weighted by Crippen LogP contribution is -2.39. The lowest BCUT2D eigenvalue weighted by atomic mass is 10.1. The van der Waals surface area contributed by atoms with Gasteiger partial charge >= 0.3 is 0 Å². The topological polar surface area (TPSA) is 75.4 Å². The van der Waals surface area contributed by atoms with E-state index >= 15 is 0 Å². The van der Waals surface area contributed by atoms with Gasteiger partial charge in [0, 0.05) is 24.2 Å². The Morgan fingerprint density at radius 1 is 0.969 bits per heavy atom. The van der Waals surface area contributed by atoms with Gasteiger partial charge in [0.1, 0.15) is 0 Å². The molecule has 3 rings (SSSR count). The second-order valence-corrected chi connectivity index (χ2v) is 8.12. The molecule has 2 aromatic carbocycles. The van der Waals surface area contributed by atoms with E-state index in [0.717, 1.165) is 24.0 Å². The Balaban J connectivity index is 1.70. The molecule has 0 bridgehead atoms. The first-order chi connectivity index (χ1) is 15.4. The minimum Gasteiger partial charge on any atom is -0.359 e. The van der Waals surface area contributed by atoms with Crippen LogP contribution in [0.15, 0.2) is 59.1 Å². The van der Waals surface area contributed by atoms with Gasteiger partial charge in [-0.1, -0.05) is 66.5 Å². The first-order valence-electron chi connectivity index (χ1n) is 11.1. The van der Waals surface area contributed by atoms with E-state index in [1.807, 2.05) is 62.4 Å². The molecule has 0 aliphatic carbocycles. The molecule has 1 heterocycles. The highest BCUT2D eigenvalue weighted by Gasteiger charge is 2.25. The first-order valence-corrected chi connectivity index (χ1v) is 11.1. The van der Waals surface area contributed by atoms with E-state index in [-0.39, 0.29) is 30.1 Å². The van der Waals surface area contributed by atoms with Crippen molar-refractivity contribution in [2.45, 2.75) is 59.7 Å². The fraction of sp³-hybridized carbons (Fsp3) is 0.346. The summed E-state index contributed by atoms with van der Waals surface area (Å²) in [6.07, 6.45) is 1.65. The van der Waals surface area contributed by atoms with Crippen LogP contribution in [-0.2, 0) is 13.1 Å². The number of benzene rings is 2. The molecule has 0 atom stereocenters. The summed E-state index contributed by atoms with van der Waals surface area (Å²) in [7, 11) is 0. The van der Waals surface area contributed by atoms with Crippen molar-refractivity contribution in [1.82, 2.24) is 15.4 Å². The third-order valence-electron chi connectivity index (χ3n) is 5.63. The maximum absolute atomic E-state index is 13.2. The molecule has 0 saturated carbocycles. The van der Waals surface area contributed by atoms with Gasteiger partial charge < -0.3 is 14.7 Å². The van der Waals surface area contributed by atoms with Gasteiger partial charge in [-0.05, 0) is 44.4 Å².